The van der Waals surface area contributed by atoms with Crippen molar-refractivity contribution in [3.8, 4) is 0 Å². The van der Waals surface area contributed by atoms with Gasteiger partial charge in [-0.15, -0.1) is 11.6 Å². The molecular formula is C13H17Cl2N3. The van der Waals surface area contributed by atoms with Crippen molar-refractivity contribution in [2.24, 2.45) is 5.92 Å². The lowest BCUT2D eigenvalue weighted by Crippen LogP contribution is -2.11. The van der Waals surface area contributed by atoms with E-state index in [0.717, 1.165) is 30.0 Å². The van der Waals surface area contributed by atoms with Crippen LogP contribution in [-0.2, 0) is 6.54 Å². The Hall–Kier alpha value is -0.800. The van der Waals surface area contributed by atoms with Crippen LogP contribution in [0.5, 0.6) is 0 Å². The summed E-state index contributed by atoms with van der Waals surface area (Å²) >= 11 is 12.2. The van der Waals surface area contributed by atoms with Gasteiger partial charge >= 0.3 is 0 Å². The summed E-state index contributed by atoms with van der Waals surface area (Å²) in [6.07, 6.45) is 2.77. The van der Waals surface area contributed by atoms with Crippen LogP contribution in [0.2, 0.25) is 5.02 Å². The largest absolute Gasteiger partial charge is 0.311 e. The number of halogens is 2. The third kappa shape index (κ3) is 2.62. The number of fused-ring (bicyclic) bond motifs is 1. The number of hydrogen-bond donors (Lipinski definition) is 0. The molecule has 0 aromatic carbocycles. The fraction of sp³-hybridized carbons (Fsp3) is 0.538. The van der Waals surface area contributed by atoms with Gasteiger partial charge in [-0.25, -0.2) is 9.97 Å². The van der Waals surface area contributed by atoms with Crippen molar-refractivity contribution in [2.75, 3.05) is 0 Å². The number of imidazole rings is 1. The van der Waals surface area contributed by atoms with E-state index in [1.54, 1.807) is 6.20 Å². The SMILES string of the molecule is CCC(C)Cn1c(C(C)Cl)nc2cc(Cl)cnc21. The molecule has 0 aliphatic rings. The van der Waals surface area contributed by atoms with Gasteiger partial charge in [-0.05, 0) is 18.9 Å². The van der Waals surface area contributed by atoms with E-state index in [-0.39, 0.29) is 5.38 Å². The average molecular weight is 286 g/mol. The summed E-state index contributed by atoms with van der Waals surface area (Å²) in [6, 6.07) is 1.83. The highest BCUT2D eigenvalue weighted by Crippen LogP contribution is 2.26. The van der Waals surface area contributed by atoms with E-state index in [1.807, 2.05) is 13.0 Å². The minimum absolute atomic E-state index is 0.137. The van der Waals surface area contributed by atoms with Crippen molar-refractivity contribution in [3.05, 3.63) is 23.1 Å². The number of alkyl halides is 1. The Morgan fingerprint density at radius 3 is 2.72 bits per heavy atom. The molecule has 2 heterocycles. The van der Waals surface area contributed by atoms with Gasteiger partial charge in [0, 0.05) is 12.7 Å². The molecule has 2 aromatic heterocycles. The molecule has 2 atom stereocenters. The second kappa shape index (κ2) is 5.45. The minimum atomic E-state index is -0.137. The molecule has 0 amide bonds. The molecule has 0 spiro atoms. The van der Waals surface area contributed by atoms with Gasteiger partial charge in [0.25, 0.3) is 0 Å². The second-order valence-electron chi connectivity index (χ2n) is 4.71. The summed E-state index contributed by atoms with van der Waals surface area (Å²) in [4.78, 5) is 8.93. The van der Waals surface area contributed by atoms with Crippen LogP contribution in [0.3, 0.4) is 0 Å². The Labute approximate surface area is 117 Å². The molecule has 0 aliphatic carbocycles. The van der Waals surface area contributed by atoms with Gasteiger partial charge in [0.15, 0.2) is 5.65 Å². The molecule has 0 saturated heterocycles. The number of nitrogens with zero attached hydrogens (tertiary/aromatic N) is 3. The van der Waals surface area contributed by atoms with Crippen LogP contribution in [0.25, 0.3) is 11.2 Å². The third-order valence-electron chi connectivity index (χ3n) is 3.13. The predicted molar refractivity (Wildman–Crippen MR) is 76.3 cm³/mol. The van der Waals surface area contributed by atoms with E-state index in [4.69, 9.17) is 23.2 Å². The zero-order valence-electron chi connectivity index (χ0n) is 10.8. The third-order valence-corrected chi connectivity index (χ3v) is 3.53. The summed E-state index contributed by atoms with van der Waals surface area (Å²) in [6.45, 7) is 7.20. The quantitative estimate of drug-likeness (QED) is 0.778. The van der Waals surface area contributed by atoms with Crippen molar-refractivity contribution < 1.29 is 0 Å². The lowest BCUT2D eigenvalue weighted by molar-refractivity contribution is 0.464. The Morgan fingerprint density at radius 2 is 2.11 bits per heavy atom. The molecule has 98 valence electrons. The highest BCUT2D eigenvalue weighted by molar-refractivity contribution is 6.31. The fourth-order valence-electron chi connectivity index (χ4n) is 1.93. The topological polar surface area (TPSA) is 30.7 Å². The molecule has 2 rings (SSSR count). The number of hydrogen-bond acceptors (Lipinski definition) is 2. The van der Waals surface area contributed by atoms with E-state index in [1.165, 1.54) is 0 Å². The van der Waals surface area contributed by atoms with Crippen LogP contribution in [0.4, 0.5) is 0 Å². The van der Waals surface area contributed by atoms with Crippen LogP contribution < -0.4 is 0 Å². The predicted octanol–water partition coefficient (Wildman–Crippen LogP) is 4.43. The Balaban J connectivity index is 2.55. The zero-order valence-corrected chi connectivity index (χ0v) is 12.3. The van der Waals surface area contributed by atoms with Crippen molar-refractivity contribution >= 4 is 34.4 Å². The van der Waals surface area contributed by atoms with Crippen molar-refractivity contribution in [1.29, 1.82) is 0 Å². The molecule has 0 saturated carbocycles. The summed E-state index contributed by atoms with van der Waals surface area (Å²) < 4.78 is 2.11. The van der Waals surface area contributed by atoms with Crippen LogP contribution in [0.15, 0.2) is 12.3 Å². The maximum atomic E-state index is 6.20. The van der Waals surface area contributed by atoms with E-state index in [0.29, 0.717) is 10.9 Å². The van der Waals surface area contributed by atoms with Gasteiger partial charge < -0.3 is 4.57 Å². The Bertz CT molecular complexity index is 548. The van der Waals surface area contributed by atoms with Crippen LogP contribution >= 0.6 is 23.2 Å². The van der Waals surface area contributed by atoms with Gasteiger partial charge in [0.05, 0.1) is 10.4 Å². The molecular weight excluding hydrogens is 269 g/mol. The van der Waals surface area contributed by atoms with Crippen LogP contribution in [0, 0.1) is 5.92 Å². The van der Waals surface area contributed by atoms with E-state index < -0.39 is 0 Å². The minimum Gasteiger partial charge on any atom is -0.311 e. The first-order valence-corrected chi connectivity index (χ1v) is 7.00. The Kier molecular flexibility index (Phi) is 4.13. The lowest BCUT2D eigenvalue weighted by Gasteiger charge is -2.14. The maximum absolute atomic E-state index is 6.20. The molecule has 2 unspecified atom stereocenters. The van der Waals surface area contributed by atoms with Gasteiger partial charge in [0.1, 0.15) is 11.3 Å². The van der Waals surface area contributed by atoms with Gasteiger partial charge in [0.2, 0.25) is 0 Å². The normalized spacial score (nSPS) is 14.9. The first kappa shape index (κ1) is 13.6. The number of rotatable bonds is 4. The molecule has 0 aliphatic heterocycles. The first-order valence-electron chi connectivity index (χ1n) is 6.18. The summed E-state index contributed by atoms with van der Waals surface area (Å²) in [5.74, 6) is 1.43. The number of pyridine rings is 1. The molecule has 18 heavy (non-hydrogen) atoms. The van der Waals surface area contributed by atoms with Crippen molar-refractivity contribution in [1.82, 2.24) is 14.5 Å². The zero-order chi connectivity index (χ0) is 13.3. The monoisotopic (exact) mass is 285 g/mol. The molecule has 0 bridgehead atoms. The van der Waals surface area contributed by atoms with Crippen molar-refractivity contribution in [2.45, 2.75) is 39.1 Å². The van der Waals surface area contributed by atoms with E-state index in [9.17, 15) is 0 Å². The first-order chi connectivity index (χ1) is 8.52. The van der Waals surface area contributed by atoms with E-state index >= 15 is 0 Å². The molecule has 0 N–H and O–H groups in total. The molecule has 2 aromatic rings. The average Bonchev–Trinajstić information content (AvgIpc) is 2.67. The summed E-state index contributed by atoms with van der Waals surface area (Å²) in [7, 11) is 0. The summed E-state index contributed by atoms with van der Waals surface area (Å²) in [5, 5.41) is 0.464. The summed E-state index contributed by atoms with van der Waals surface area (Å²) in [5.41, 5.74) is 1.68. The number of aromatic nitrogens is 3. The molecule has 3 nitrogen and oxygen atoms in total. The van der Waals surface area contributed by atoms with Crippen LogP contribution in [-0.4, -0.2) is 14.5 Å². The molecule has 0 radical (unpaired) electrons. The lowest BCUT2D eigenvalue weighted by atomic mass is 10.1. The molecule has 0 fully saturated rings. The molecule has 5 heteroatoms. The maximum Gasteiger partial charge on any atom is 0.160 e. The van der Waals surface area contributed by atoms with Gasteiger partial charge in [-0.3, -0.25) is 0 Å². The second-order valence-corrected chi connectivity index (χ2v) is 5.80. The van der Waals surface area contributed by atoms with E-state index in [2.05, 4.69) is 28.4 Å². The van der Waals surface area contributed by atoms with Crippen LogP contribution in [0.1, 0.15) is 38.4 Å². The highest BCUT2D eigenvalue weighted by atomic mass is 35.5. The van der Waals surface area contributed by atoms with Crippen molar-refractivity contribution in [3.63, 3.8) is 0 Å². The fourth-order valence-corrected chi connectivity index (χ4v) is 2.25. The van der Waals surface area contributed by atoms with Gasteiger partial charge in [-0.2, -0.15) is 0 Å². The highest BCUT2D eigenvalue weighted by Gasteiger charge is 2.17. The Morgan fingerprint density at radius 1 is 1.39 bits per heavy atom. The smallest absolute Gasteiger partial charge is 0.160 e. The standard InChI is InChI=1S/C13H17Cl2N3/c1-4-8(2)7-18-12(9(3)14)17-11-5-10(15)6-16-13(11)18/h5-6,8-9H,4,7H2,1-3H3. The van der Waals surface area contributed by atoms with Gasteiger partial charge in [-0.1, -0.05) is 31.9 Å².